The van der Waals surface area contributed by atoms with E-state index in [-0.39, 0.29) is 11.9 Å². The molecule has 0 aromatic rings. The second kappa shape index (κ2) is 7.43. The van der Waals surface area contributed by atoms with Gasteiger partial charge in [-0.15, -0.1) is 0 Å². The fourth-order valence-electron chi connectivity index (χ4n) is 0.667. The fraction of sp³-hybridized carbons (Fsp3) is 0.875. The second-order valence-electron chi connectivity index (χ2n) is 2.72. The van der Waals surface area contributed by atoms with Gasteiger partial charge in [0.05, 0.1) is 5.75 Å². The summed E-state index contributed by atoms with van der Waals surface area (Å²) in [5.74, 6) is 1.50. The number of nitrogens with two attached hydrogens (primary N) is 1. The summed E-state index contributed by atoms with van der Waals surface area (Å²) in [5.41, 5.74) is 5.29. The van der Waals surface area contributed by atoms with E-state index in [1.54, 1.807) is 11.8 Å². The van der Waals surface area contributed by atoms with Crippen molar-refractivity contribution in [1.82, 2.24) is 5.32 Å². The molecule has 0 fully saturated rings. The molecule has 3 nitrogen and oxygen atoms in total. The van der Waals surface area contributed by atoms with E-state index in [4.69, 9.17) is 5.73 Å². The Kier molecular flexibility index (Phi) is 7.29. The van der Waals surface area contributed by atoms with Crippen molar-refractivity contribution in [3.63, 3.8) is 0 Å². The Labute approximate surface area is 78.5 Å². The summed E-state index contributed by atoms with van der Waals surface area (Å²) in [4.78, 5) is 11.1. The summed E-state index contributed by atoms with van der Waals surface area (Å²) in [6.45, 7) is 4.70. The zero-order valence-corrected chi connectivity index (χ0v) is 8.62. The lowest BCUT2D eigenvalue weighted by Gasteiger charge is -2.10. The average molecular weight is 190 g/mol. The Balaban J connectivity index is 3.33. The van der Waals surface area contributed by atoms with Gasteiger partial charge in [-0.05, 0) is 13.3 Å². The van der Waals surface area contributed by atoms with Crippen molar-refractivity contribution in [2.24, 2.45) is 5.73 Å². The summed E-state index contributed by atoms with van der Waals surface area (Å²) in [7, 11) is 0. The first-order valence-electron chi connectivity index (χ1n) is 4.27. The summed E-state index contributed by atoms with van der Waals surface area (Å²) >= 11 is 1.58. The van der Waals surface area contributed by atoms with E-state index >= 15 is 0 Å². The highest BCUT2D eigenvalue weighted by atomic mass is 32.2. The molecule has 0 bridgehead atoms. The molecule has 1 amide bonds. The molecule has 0 radical (unpaired) electrons. The van der Waals surface area contributed by atoms with Gasteiger partial charge in [-0.1, -0.05) is 6.92 Å². The van der Waals surface area contributed by atoms with Gasteiger partial charge in [-0.25, -0.2) is 0 Å². The molecule has 0 aromatic heterocycles. The predicted molar refractivity (Wildman–Crippen MR) is 54.3 cm³/mol. The molecule has 72 valence electrons. The molecule has 1 unspecified atom stereocenters. The van der Waals surface area contributed by atoms with Crippen LogP contribution in [0.2, 0.25) is 0 Å². The molecular formula is C8H18N2OS. The topological polar surface area (TPSA) is 55.1 Å². The van der Waals surface area contributed by atoms with Crippen molar-refractivity contribution in [1.29, 1.82) is 0 Å². The number of carbonyl (C=O) groups excluding carboxylic acids is 1. The highest BCUT2D eigenvalue weighted by Gasteiger charge is 2.03. The van der Waals surface area contributed by atoms with E-state index in [0.717, 1.165) is 12.2 Å². The third-order valence-corrected chi connectivity index (χ3v) is 2.51. The quantitative estimate of drug-likeness (QED) is 0.603. The Morgan fingerprint density at radius 2 is 2.33 bits per heavy atom. The maximum atomic E-state index is 11.1. The van der Waals surface area contributed by atoms with Crippen molar-refractivity contribution in [2.75, 3.05) is 18.1 Å². The molecule has 0 aliphatic carbocycles. The van der Waals surface area contributed by atoms with Gasteiger partial charge in [0.15, 0.2) is 0 Å². The van der Waals surface area contributed by atoms with E-state index in [2.05, 4.69) is 12.2 Å². The third-order valence-electron chi connectivity index (χ3n) is 1.52. The smallest absolute Gasteiger partial charge is 0.230 e. The zero-order chi connectivity index (χ0) is 9.40. The van der Waals surface area contributed by atoms with Crippen LogP contribution in [-0.4, -0.2) is 30.0 Å². The third kappa shape index (κ3) is 6.49. The van der Waals surface area contributed by atoms with Crippen LogP contribution in [-0.2, 0) is 4.79 Å². The van der Waals surface area contributed by atoms with Crippen LogP contribution in [0.15, 0.2) is 0 Å². The number of nitrogens with one attached hydrogen (secondary N) is 1. The SMILES string of the molecule is CCC(C)NC(=O)CSCCN. The van der Waals surface area contributed by atoms with E-state index in [1.807, 2.05) is 6.92 Å². The van der Waals surface area contributed by atoms with Crippen LogP contribution in [0.4, 0.5) is 0 Å². The first kappa shape index (κ1) is 11.8. The number of thioether (sulfide) groups is 1. The minimum atomic E-state index is 0.114. The maximum Gasteiger partial charge on any atom is 0.230 e. The highest BCUT2D eigenvalue weighted by Crippen LogP contribution is 1.97. The Bertz CT molecular complexity index is 130. The molecule has 0 aliphatic heterocycles. The minimum absolute atomic E-state index is 0.114. The standard InChI is InChI=1S/C8H18N2OS/c1-3-7(2)10-8(11)6-12-5-4-9/h7H,3-6,9H2,1-2H3,(H,10,11). The van der Waals surface area contributed by atoms with E-state index in [0.29, 0.717) is 12.3 Å². The van der Waals surface area contributed by atoms with Crippen molar-refractivity contribution in [2.45, 2.75) is 26.3 Å². The summed E-state index contributed by atoms with van der Waals surface area (Å²) in [6, 6.07) is 0.288. The number of carbonyl (C=O) groups is 1. The minimum Gasteiger partial charge on any atom is -0.353 e. The maximum absolute atomic E-state index is 11.1. The Hall–Kier alpha value is -0.220. The Morgan fingerprint density at radius 3 is 2.83 bits per heavy atom. The van der Waals surface area contributed by atoms with Gasteiger partial charge in [0.25, 0.3) is 0 Å². The fourth-order valence-corrected chi connectivity index (χ4v) is 1.25. The lowest BCUT2D eigenvalue weighted by Crippen LogP contribution is -2.33. The molecule has 0 aromatic carbocycles. The molecule has 0 saturated carbocycles. The van der Waals surface area contributed by atoms with Crippen LogP contribution in [0.5, 0.6) is 0 Å². The van der Waals surface area contributed by atoms with E-state index < -0.39 is 0 Å². The monoisotopic (exact) mass is 190 g/mol. The van der Waals surface area contributed by atoms with Crippen LogP contribution in [0, 0.1) is 0 Å². The first-order valence-corrected chi connectivity index (χ1v) is 5.43. The largest absolute Gasteiger partial charge is 0.353 e. The van der Waals surface area contributed by atoms with Gasteiger partial charge >= 0.3 is 0 Å². The van der Waals surface area contributed by atoms with Crippen molar-refractivity contribution in [3.8, 4) is 0 Å². The summed E-state index contributed by atoms with van der Waals surface area (Å²) in [6.07, 6.45) is 0.979. The average Bonchev–Trinajstić information content (AvgIpc) is 2.05. The van der Waals surface area contributed by atoms with Crippen molar-refractivity contribution >= 4 is 17.7 Å². The summed E-state index contributed by atoms with van der Waals surface area (Å²) < 4.78 is 0. The van der Waals surface area contributed by atoms with Crippen LogP contribution in [0.1, 0.15) is 20.3 Å². The van der Waals surface area contributed by atoms with Gasteiger partial charge in [0.1, 0.15) is 0 Å². The molecule has 12 heavy (non-hydrogen) atoms. The molecule has 0 heterocycles. The van der Waals surface area contributed by atoms with E-state index in [9.17, 15) is 4.79 Å². The van der Waals surface area contributed by atoms with Crippen LogP contribution in [0.3, 0.4) is 0 Å². The lowest BCUT2D eigenvalue weighted by atomic mass is 10.3. The Morgan fingerprint density at radius 1 is 1.67 bits per heavy atom. The van der Waals surface area contributed by atoms with Gasteiger partial charge in [-0.3, -0.25) is 4.79 Å². The normalized spacial score (nSPS) is 12.6. The molecule has 0 rings (SSSR count). The number of hydrogen-bond donors (Lipinski definition) is 2. The van der Waals surface area contributed by atoms with Gasteiger partial charge < -0.3 is 11.1 Å². The van der Waals surface area contributed by atoms with Gasteiger partial charge in [0, 0.05) is 18.3 Å². The van der Waals surface area contributed by atoms with Crippen molar-refractivity contribution < 1.29 is 4.79 Å². The molecule has 3 N–H and O–H groups in total. The highest BCUT2D eigenvalue weighted by molar-refractivity contribution is 7.99. The van der Waals surface area contributed by atoms with Gasteiger partial charge in [0.2, 0.25) is 5.91 Å². The number of amides is 1. The van der Waals surface area contributed by atoms with Crippen LogP contribution < -0.4 is 11.1 Å². The molecule has 0 spiro atoms. The van der Waals surface area contributed by atoms with Crippen molar-refractivity contribution in [3.05, 3.63) is 0 Å². The lowest BCUT2D eigenvalue weighted by molar-refractivity contribution is -0.119. The molecule has 4 heteroatoms. The molecule has 1 atom stereocenters. The second-order valence-corrected chi connectivity index (χ2v) is 3.82. The van der Waals surface area contributed by atoms with Crippen LogP contribution >= 0.6 is 11.8 Å². The first-order chi connectivity index (χ1) is 5.70. The predicted octanol–water partition coefficient (Wildman–Crippen LogP) is 0.593. The number of hydrogen-bond acceptors (Lipinski definition) is 3. The van der Waals surface area contributed by atoms with Gasteiger partial charge in [-0.2, -0.15) is 11.8 Å². The molecule has 0 aliphatic rings. The number of rotatable bonds is 6. The molecule has 0 saturated heterocycles. The van der Waals surface area contributed by atoms with Crippen LogP contribution in [0.25, 0.3) is 0 Å². The molecular weight excluding hydrogens is 172 g/mol. The van der Waals surface area contributed by atoms with E-state index in [1.165, 1.54) is 0 Å². The summed E-state index contributed by atoms with van der Waals surface area (Å²) in [5, 5.41) is 2.89. The zero-order valence-electron chi connectivity index (χ0n) is 7.80.